The van der Waals surface area contributed by atoms with Crippen LogP contribution in [0.1, 0.15) is 0 Å². The predicted octanol–water partition coefficient (Wildman–Crippen LogP) is 1.46. The second-order valence-electron chi connectivity index (χ2n) is 4.86. The van der Waals surface area contributed by atoms with Gasteiger partial charge in [-0.2, -0.15) is 0 Å². The van der Waals surface area contributed by atoms with Crippen LogP contribution in [0.3, 0.4) is 0 Å². The number of aromatic nitrogens is 4. The molecule has 0 saturated carbocycles. The number of rotatable bonds is 6. The molecule has 0 bridgehead atoms. The Morgan fingerprint density at radius 3 is 2.71 bits per heavy atom. The Hall–Kier alpha value is -2.65. The lowest BCUT2D eigenvalue weighted by molar-refractivity contribution is 0.552. The van der Waals surface area contributed by atoms with Crippen LogP contribution in [0.15, 0.2) is 60.1 Å². The van der Waals surface area contributed by atoms with Crippen molar-refractivity contribution in [2.24, 2.45) is 0 Å². The van der Waals surface area contributed by atoms with Gasteiger partial charge >= 0.3 is 0 Å². The number of imidazole rings is 1. The third kappa shape index (κ3) is 3.47. The summed E-state index contributed by atoms with van der Waals surface area (Å²) >= 11 is 0. The Balaban J connectivity index is 1.70. The molecule has 3 rings (SSSR count). The maximum absolute atomic E-state index is 13.6. The summed E-state index contributed by atoms with van der Waals surface area (Å²) in [5.41, 5.74) is 0.583. The van der Waals surface area contributed by atoms with Crippen molar-refractivity contribution < 1.29 is 12.8 Å². The minimum atomic E-state index is -3.91. The number of halogens is 1. The molecule has 0 atom stereocenters. The monoisotopic (exact) mass is 347 g/mol. The van der Waals surface area contributed by atoms with Crippen molar-refractivity contribution in [2.45, 2.75) is 11.4 Å². The average Bonchev–Trinajstić information content (AvgIpc) is 3.04. The Morgan fingerprint density at radius 2 is 1.96 bits per heavy atom. The maximum atomic E-state index is 13.6. The third-order valence-corrected chi connectivity index (χ3v) is 4.77. The average molecular weight is 347 g/mol. The van der Waals surface area contributed by atoms with Gasteiger partial charge in [-0.25, -0.2) is 27.5 Å². The molecule has 24 heavy (non-hydrogen) atoms. The van der Waals surface area contributed by atoms with E-state index < -0.39 is 15.8 Å². The summed E-state index contributed by atoms with van der Waals surface area (Å²) in [5, 5.41) is 0. The largest absolute Gasteiger partial charge is 0.328 e. The van der Waals surface area contributed by atoms with E-state index >= 15 is 0 Å². The molecule has 1 aromatic carbocycles. The number of nitrogens with one attached hydrogen (secondary N) is 1. The lowest BCUT2D eigenvalue weighted by Gasteiger charge is -2.10. The van der Waals surface area contributed by atoms with E-state index in [9.17, 15) is 12.8 Å². The van der Waals surface area contributed by atoms with Crippen LogP contribution < -0.4 is 4.72 Å². The summed E-state index contributed by atoms with van der Waals surface area (Å²) in [6.07, 6.45) is 7.98. The molecule has 0 saturated heterocycles. The van der Waals surface area contributed by atoms with Crippen molar-refractivity contribution in [1.82, 2.24) is 24.2 Å². The lowest BCUT2D eigenvalue weighted by Crippen LogP contribution is -2.28. The number of hydrogen-bond acceptors (Lipinski definition) is 5. The molecule has 124 valence electrons. The van der Waals surface area contributed by atoms with Gasteiger partial charge in [0.1, 0.15) is 16.4 Å². The highest BCUT2D eigenvalue weighted by atomic mass is 32.2. The molecule has 0 radical (unpaired) electrons. The Labute approximate surface area is 138 Å². The van der Waals surface area contributed by atoms with Gasteiger partial charge in [-0.1, -0.05) is 12.1 Å². The molecule has 2 heterocycles. The fourth-order valence-electron chi connectivity index (χ4n) is 2.18. The fraction of sp³-hybridized carbons (Fsp3) is 0.133. The first-order valence-corrected chi connectivity index (χ1v) is 8.58. The van der Waals surface area contributed by atoms with Crippen LogP contribution in [0.2, 0.25) is 0 Å². The highest BCUT2D eigenvalue weighted by molar-refractivity contribution is 7.89. The zero-order valence-electron chi connectivity index (χ0n) is 12.5. The van der Waals surface area contributed by atoms with E-state index in [-0.39, 0.29) is 11.4 Å². The molecule has 7 nitrogen and oxygen atoms in total. The summed E-state index contributed by atoms with van der Waals surface area (Å²) in [4.78, 5) is 12.0. The molecular weight excluding hydrogens is 333 g/mol. The quantitative estimate of drug-likeness (QED) is 0.729. The summed E-state index contributed by atoms with van der Waals surface area (Å²) in [6, 6.07) is 5.24. The molecule has 0 spiro atoms. The summed E-state index contributed by atoms with van der Waals surface area (Å²) in [7, 11) is -3.91. The topological polar surface area (TPSA) is 89.8 Å². The Morgan fingerprint density at radius 1 is 1.12 bits per heavy atom. The smallest absolute Gasteiger partial charge is 0.243 e. The second-order valence-corrected chi connectivity index (χ2v) is 6.60. The Kier molecular flexibility index (Phi) is 4.63. The van der Waals surface area contributed by atoms with Gasteiger partial charge in [0, 0.05) is 37.9 Å². The van der Waals surface area contributed by atoms with E-state index in [1.165, 1.54) is 18.2 Å². The van der Waals surface area contributed by atoms with Crippen LogP contribution in [-0.2, 0) is 16.6 Å². The molecular formula is C15H14FN5O2S. The molecule has 1 N–H and O–H groups in total. The standard InChI is InChI=1S/C15H14FN5O2S/c16-12-3-1-2-4-14(12)24(22,23)20-8-10-21-9-7-19-15(21)13-11-17-5-6-18-13/h1-7,9,11,20H,8,10H2. The van der Waals surface area contributed by atoms with Crippen molar-refractivity contribution in [3.63, 3.8) is 0 Å². The number of sulfonamides is 1. The number of nitrogens with zero attached hydrogens (tertiary/aromatic N) is 4. The highest BCUT2D eigenvalue weighted by Gasteiger charge is 2.18. The summed E-state index contributed by atoms with van der Waals surface area (Å²) in [5.74, 6) is -0.207. The van der Waals surface area contributed by atoms with Crippen LogP contribution in [0, 0.1) is 5.82 Å². The molecule has 0 fully saturated rings. The van der Waals surface area contributed by atoms with Crippen LogP contribution in [0.5, 0.6) is 0 Å². The molecule has 0 unspecified atom stereocenters. The molecule has 0 aliphatic carbocycles. The van der Waals surface area contributed by atoms with E-state index in [1.54, 1.807) is 35.6 Å². The van der Waals surface area contributed by atoms with Gasteiger partial charge in [0.05, 0.1) is 6.20 Å². The van der Waals surface area contributed by atoms with Gasteiger partial charge in [-0.3, -0.25) is 4.98 Å². The molecule has 2 aromatic heterocycles. The SMILES string of the molecule is O=S(=O)(NCCn1ccnc1-c1cnccn1)c1ccccc1F. The van der Waals surface area contributed by atoms with Gasteiger partial charge in [-0.15, -0.1) is 0 Å². The van der Waals surface area contributed by atoms with Crippen LogP contribution >= 0.6 is 0 Å². The first-order valence-electron chi connectivity index (χ1n) is 7.09. The third-order valence-electron chi connectivity index (χ3n) is 3.28. The van der Waals surface area contributed by atoms with Gasteiger partial charge in [0.2, 0.25) is 10.0 Å². The molecule has 9 heteroatoms. The lowest BCUT2D eigenvalue weighted by atomic mass is 10.4. The van der Waals surface area contributed by atoms with Gasteiger partial charge < -0.3 is 4.57 Å². The molecule has 0 aliphatic rings. The normalized spacial score (nSPS) is 11.5. The highest BCUT2D eigenvalue weighted by Crippen LogP contribution is 2.14. The first kappa shape index (κ1) is 16.2. The molecule has 0 aliphatic heterocycles. The number of hydrogen-bond donors (Lipinski definition) is 1. The zero-order valence-corrected chi connectivity index (χ0v) is 13.3. The second kappa shape index (κ2) is 6.85. The van der Waals surface area contributed by atoms with Crippen molar-refractivity contribution in [2.75, 3.05) is 6.54 Å². The fourth-order valence-corrected chi connectivity index (χ4v) is 3.28. The van der Waals surface area contributed by atoms with Crippen molar-refractivity contribution in [3.8, 4) is 11.5 Å². The van der Waals surface area contributed by atoms with E-state index in [0.29, 0.717) is 18.1 Å². The van der Waals surface area contributed by atoms with E-state index in [4.69, 9.17) is 0 Å². The van der Waals surface area contributed by atoms with Crippen LogP contribution in [0.4, 0.5) is 4.39 Å². The predicted molar refractivity (Wildman–Crippen MR) is 84.8 cm³/mol. The van der Waals surface area contributed by atoms with Gasteiger partial charge in [-0.05, 0) is 12.1 Å². The molecule has 3 aromatic rings. The van der Waals surface area contributed by atoms with Crippen LogP contribution in [-0.4, -0.2) is 34.5 Å². The maximum Gasteiger partial charge on any atom is 0.243 e. The van der Waals surface area contributed by atoms with Crippen molar-refractivity contribution in [3.05, 3.63) is 61.1 Å². The van der Waals surface area contributed by atoms with Gasteiger partial charge in [0.25, 0.3) is 0 Å². The van der Waals surface area contributed by atoms with Crippen molar-refractivity contribution >= 4 is 10.0 Å². The van der Waals surface area contributed by atoms with E-state index in [2.05, 4.69) is 19.7 Å². The van der Waals surface area contributed by atoms with E-state index in [0.717, 1.165) is 6.07 Å². The minimum Gasteiger partial charge on any atom is -0.328 e. The Bertz CT molecular complexity index is 928. The van der Waals surface area contributed by atoms with Gasteiger partial charge in [0.15, 0.2) is 5.82 Å². The van der Waals surface area contributed by atoms with Crippen molar-refractivity contribution in [1.29, 1.82) is 0 Å². The zero-order chi connectivity index (χ0) is 17.0. The first-order chi connectivity index (χ1) is 11.6. The van der Waals surface area contributed by atoms with E-state index in [1.807, 2.05) is 0 Å². The van der Waals surface area contributed by atoms with Crippen LogP contribution in [0.25, 0.3) is 11.5 Å². The summed E-state index contributed by atoms with van der Waals surface area (Å²) < 4.78 is 42.0. The summed E-state index contributed by atoms with van der Waals surface area (Å²) in [6.45, 7) is 0.403. The minimum absolute atomic E-state index is 0.0836. The molecule has 0 amide bonds. The number of benzene rings is 1.